The van der Waals surface area contributed by atoms with Gasteiger partial charge >= 0.3 is 0 Å². The Balaban J connectivity index is 1.81. The SMILES string of the molecule is CCNc1nc(Sc2nc(C)cc(C)n2)nc(N(c2ccccc2)c2ccccc2)n1. The van der Waals surface area contributed by atoms with Crippen molar-refractivity contribution in [3.8, 4) is 0 Å². The van der Waals surface area contributed by atoms with Crippen molar-refractivity contribution in [2.45, 2.75) is 31.1 Å². The number of aromatic nitrogens is 5. The molecule has 0 saturated heterocycles. The highest BCUT2D eigenvalue weighted by atomic mass is 32.2. The summed E-state index contributed by atoms with van der Waals surface area (Å²) in [4.78, 5) is 25.1. The van der Waals surface area contributed by atoms with Gasteiger partial charge in [-0.15, -0.1) is 0 Å². The predicted octanol–water partition coefficient (Wildman–Crippen LogP) is 5.33. The summed E-state index contributed by atoms with van der Waals surface area (Å²) in [7, 11) is 0. The molecule has 0 aliphatic heterocycles. The van der Waals surface area contributed by atoms with Crippen LogP contribution in [0.4, 0.5) is 23.3 Å². The number of para-hydroxylation sites is 2. The molecule has 156 valence electrons. The summed E-state index contributed by atoms with van der Waals surface area (Å²) in [6.45, 7) is 6.61. The van der Waals surface area contributed by atoms with E-state index in [2.05, 4.69) is 20.3 Å². The van der Waals surface area contributed by atoms with Crippen molar-refractivity contribution in [2.75, 3.05) is 16.8 Å². The van der Waals surface area contributed by atoms with Gasteiger partial charge < -0.3 is 5.32 Å². The predicted molar refractivity (Wildman–Crippen MR) is 124 cm³/mol. The normalized spacial score (nSPS) is 10.7. The second-order valence-corrected chi connectivity index (χ2v) is 7.75. The van der Waals surface area contributed by atoms with Gasteiger partial charge in [0.1, 0.15) is 0 Å². The van der Waals surface area contributed by atoms with E-state index >= 15 is 0 Å². The molecule has 0 radical (unpaired) electrons. The minimum atomic E-state index is 0.510. The molecule has 4 rings (SSSR count). The molecule has 0 amide bonds. The second-order valence-electron chi connectivity index (χ2n) is 6.81. The first-order valence-corrected chi connectivity index (χ1v) is 10.8. The van der Waals surface area contributed by atoms with Gasteiger partial charge in [0.2, 0.25) is 17.1 Å². The molecule has 0 unspecified atom stereocenters. The Kier molecular flexibility index (Phi) is 6.37. The van der Waals surface area contributed by atoms with Crippen molar-refractivity contribution < 1.29 is 0 Å². The van der Waals surface area contributed by atoms with Crippen molar-refractivity contribution >= 4 is 35.0 Å². The molecule has 7 nitrogen and oxygen atoms in total. The smallest absolute Gasteiger partial charge is 0.240 e. The number of rotatable bonds is 7. The highest BCUT2D eigenvalue weighted by Crippen LogP contribution is 2.33. The molecular formula is C23H23N7S. The number of hydrogen-bond donors (Lipinski definition) is 1. The lowest BCUT2D eigenvalue weighted by Gasteiger charge is -2.23. The van der Waals surface area contributed by atoms with Crippen LogP contribution in [-0.2, 0) is 0 Å². The van der Waals surface area contributed by atoms with Crippen LogP contribution in [0.25, 0.3) is 0 Å². The van der Waals surface area contributed by atoms with Crippen LogP contribution in [0, 0.1) is 13.8 Å². The third-order valence-corrected chi connectivity index (χ3v) is 5.04. The highest BCUT2D eigenvalue weighted by molar-refractivity contribution is 7.99. The summed E-state index contributed by atoms with van der Waals surface area (Å²) in [5.74, 6) is 1.03. The van der Waals surface area contributed by atoms with Crippen LogP contribution in [0.3, 0.4) is 0 Å². The van der Waals surface area contributed by atoms with Gasteiger partial charge in [0.25, 0.3) is 0 Å². The van der Waals surface area contributed by atoms with Gasteiger partial charge in [0.05, 0.1) is 0 Å². The molecule has 0 saturated carbocycles. The standard InChI is InChI=1S/C23H23N7S/c1-4-24-20-27-21(29-23(28-20)31-22-25-16(2)15-17(3)26-22)30(18-11-7-5-8-12-18)19-13-9-6-10-14-19/h5-15H,4H2,1-3H3,(H,24,27,28,29). The Labute approximate surface area is 186 Å². The van der Waals surface area contributed by atoms with Gasteiger partial charge in [-0.05, 0) is 62.9 Å². The molecule has 2 heterocycles. The topological polar surface area (TPSA) is 79.7 Å². The van der Waals surface area contributed by atoms with Crippen LogP contribution >= 0.6 is 11.8 Å². The molecule has 0 bridgehead atoms. The first-order valence-electron chi connectivity index (χ1n) is 10.0. The maximum absolute atomic E-state index is 4.77. The van der Waals surface area contributed by atoms with Crippen LogP contribution in [0.1, 0.15) is 18.3 Å². The number of hydrogen-bond acceptors (Lipinski definition) is 8. The lowest BCUT2D eigenvalue weighted by Crippen LogP contribution is -2.16. The average molecular weight is 430 g/mol. The van der Waals surface area contributed by atoms with E-state index in [4.69, 9.17) is 9.97 Å². The Morgan fingerprint density at radius 3 is 1.84 bits per heavy atom. The summed E-state index contributed by atoms with van der Waals surface area (Å²) >= 11 is 1.33. The maximum Gasteiger partial charge on any atom is 0.240 e. The van der Waals surface area contributed by atoms with Gasteiger partial charge in [-0.25, -0.2) is 9.97 Å². The number of nitrogens with one attached hydrogen (secondary N) is 1. The zero-order chi connectivity index (χ0) is 21.6. The molecule has 1 N–H and O–H groups in total. The van der Waals surface area contributed by atoms with Crippen LogP contribution in [0.2, 0.25) is 0 Å². The fraction of sp³-hybridized carbons (Fsp3) is 0.174. The van der Waals surface area contributed by atoms with Crippen LogP contribution < -0.4 is 10.2 Å². The summed E-state index contributed by atoms with van der Waals surface area (Å²) in [6.07, 6.45) is 0. The van der Waals surface area contributed by atoms with E-state index in [9.17, 15) is 0 Å². The second kappa shape index (κ2) is 9.53. The summed E-state index contributed by atoms with van der Waals surface area (Å²) in [6, 6.07) is 22.0. The molecule has 0 fully saturated rings. The Morgan fingerprint density at radius 2 is 1.29 bits per heavy atom. The quantitative estimate of drug-likeness (QED) is 0.395. The third kappa shape index (κ3) is 5.16. The van der Waals surface area contributed by atoms with Gasteiger partial charge in [0, 0.05) is 29.3 Å². The number of aryl methyl sites for hydroxylation is 2. The van der Waals surface area contributed by atoms with Crippen LogP contribution in [0.15, 0.2) is 77.0 Å². The Morgan fingerprint density at radius 1 is 0.742 bits per heavy atom. The molecule has 0 spiro atoms. The first kappa shape index (κ1) is 20.7. The summed E-state index contributed by atoms with van der Waals surface area (Å²) in [5, 5.41) is 4.36. The van der Waals surface area contributed by atoms with E-state index in [1.807, 2.05) is 92.4 Å². The number of benzene rings is 2. The molecule has 4 aromatic rings. The molecule has 2 aromatic heterocycles. The van der Waals surface area contributed by atoms with Crippen molar-refractivity contribution in [1.29, 1.82) is 0 Å². The minimum absolute atomic E-state index is 0.510. The monoisotopic (exact) mass is 429 g/mol. The zero-order valence-corrected chi connectivity index (χ0v) is 18.5. The van der Waals surface area contributed by atoms with Gasteiger partial charge in [-0.2, -0.15) is 15.0 Å². The van der Waals surface area contributed by atoms with Crippen molar-refractivity contribution in [1.82, 2.24) is 24.9 Å². The van der Waals surface area contributed by atoms with Gasteiger partial charge in [-0.3, -0.25) is 4.90 Å². The van der Waals surface area contributed by atoms with Crippen molar-refractivity contribution in [2.24, 2.45) is 0 Å². The van der Waals surface area contributed by atoms with Crippen LogP contribution in [-0.4, -0.2) is 31.5 Å². The summed E-state index contributed by atoms with van der Waals surface area (Å²) in [5.41, 5.74) is 3.74. The first-order chi connectivity index (χ1) is 15.1. The third-order valence-electron chi connectivity index (χ3n) is 4.31. The fourth-order valence-corrected chi connectivity index (χ4v) is 3.89. The average Bonchev–Trinajstić information content (AvgIpc) is 2.75. The van der Waals surface area contributed by atoms with E-state index < -0.39 is 0 Å². The molecule has 8 heteroatoms. The van der Waals surface area contributed by atoms with Crippen LogP contribution in [0.5, 0.6) is 0 Å². The molecule has 0 atom stereocenters. The lowest BCUT2D eigenvalue weighted by atomic mass is 10.2. The van der Waals surface area contributed by atoms with E-state index in [1.165, 1.54) is 11.8 Å². The van der Waals surface area contributed by atoms with Gasteiger partial charge in [0.15, 0.2) is 5.16 Å². The molecule has 0 aliphatic rings. The largest absolute Gasteiger partial charge is 0.354 e. The van der Waals surface area contributed by atoms with E-state index in [0.29, 0.717) is 28.8 Å². The molecular weight excluding hydrogens is 406 g/mol. The Hall–Kier alpha value is -3.52. The van der Waals surface area contributed by atoms with E-state index in [1.54, 1.807) is 0 Å². The van der Waals surface area contributed by atoms with Crippen molar-refractivity contribution in [3.63, 3.8) is 0 Å². The number of anilines is 4. The minimum Gasteiger partial charge on any atom is -0.354 e. The maximum atomic E-state index is 4.77. The molecule has 0 aliphatic carbocycles. The van der Waals surface area contributed by atoms with Crippen molar-refractivity contribution in [3.05, 3.63) is 78.1 Å². The molecule has 2 aromatic carbocycles. The fourth-order valence-electron chi connectivity index (χ4n) is 3.08. The zero-order valence-electron chi connectivity index (χ0n) is 17.6. The Bertz CT molecular complexity index is 1090. The van der Waals surface area contributed by atoms with E-state index in [0.717, 1.165) is 22.8 Å². The lowest BCUT2D eigenvalue weighted by molar-refractivity contribution is 0.863. The highest BCUT2D eigenvalue weighted by Gasteiger charge is 2.18. The number of nitrogens with zero attached hydrogens (tertiary/aromatic N) is 6. The molecule has 31 heavy (non-hydrogen) atoms. The van der Waals surface area contributed by atoms with E-state index in [-0.39, 0.29) is 0 Å². The van der Waals surface area contributed by atoms with Gasteiger partial charge in [-0.1, -0.05) is 36.4 Å². The summed E-state index contributed by atoms with van der Waals surface area (Å²) < 4.78 is 0.